The number of allylic oxidation sites excluding steroid dienone is 2. The van der Waals surface area contributed by atoms with Crippen LogP contribution in [0.4, 0.5) is 4.79 Å². The first-order valence-electron chi connectivity index (χ1n) is 12.9. The van der Waals surface area contributed by atoms with Gasteiger partial charge in [0.15, 0.2) is 11.5 Å². The van der Waals surface area contributed by atoms with Crippen LogP contribution in [0.1, 0.15) is 34.1 Å². The van der Waals surface area contributed by atoms with Gasteiger partial charge in [-0.2, -0.15) is 0 Å². The van der Waals surface area contributed by atoms with E-state index in [-0.39, 0.29) is 48.2 Å². The summed E-state index contributed by atoms with van der Waals surface area (Å²) in [5.74, 6) is -1.18. The number of nitrogens with two attached hydrogens (primary N) is 1. The number of carbonyl (C=O) groups is 3. The first-order chi connectivity index (χ1) is 18.1. The minimum absolute atomic E-state index is 0.0284. The second-order valence-corrected chi connectivity index (χ2v) is 11.9. The van der Waals surface area contributed by atoms with Gasteiger partial charge in [-0.25, -0.2) is 4.79 Å². The van der Waals surface area contributed by atoms with Crippen LogP contribution in [0.25, 0.3) is 0 Å². The number of methoxy groups -OCH3 is 1. The molecule has 0 aromatic heterocycles. The molecule has 0 aromatic rings. The van der Waals surface area contributed by atoms with Crippen LogP contribution < -0.4 is 11.1 Å². The van der Waals surface area contributed by atoms with Gasteiger partial charge in [-0.3, -0.25) is 9.59 Å². The summed E-state index contributed by atoms with van der Waals surface area (Å²) < 4.78 is 29.4. The van der Waals surface area contributed by atoms with E-state index in [1.807, 2.05) is 25.7 Å². The lowest BCUT2D eigenvalue weighted by Crippen LogP contribution is -2.54. The monoisotopic (exact) mass is 557 g/mol. The summed E-state index contributed by atoms with van der Waals surface area (Å²) in [6.45, 7) is 9.26. The zero-order valence-electron chi connectivity index (χ0n) is 22.6. The predicted molar refractivity (Wildman–Crippen MR) is 136 cm³/mol. The summed E-state index contributed by atoms with van der Waals surface area (Å²) in [6, 6.07) is 0.706. The fraction of sp³-hybridized carbons (Fsp3) is 0.708. The van der Waals surface area contributed by atoms with Crippen LogP contribution in [0.2, 0.25) is 6.04 Å². The largest absolute Gasteiger partial charge is 0.501 e. The van der Waals surface area contributed by atoms with Crippen LogP contribution in [0.15, 0.2) is 22.6 Å². The summed E-state index contributed by atoms with van der Waals surface area (Å²) >= 11 is 0. The highest BCUT2D eigenvalue weighted by atomic mass is 28.4. The number of nitrogens with one attached hydrogen (secondary N) is 1. The standard InChI is InChI=1S/C23H36N2O8Si.CH3NO2/c1-6-31-34(32-7-2,33-8-3)11-9-10-30-21-14(4)19(27)18-17(20(21)28)15(13-26)23(29-5)22-16(24-22)12-25(18)23;2-1(3)4/h15-16,22,24,26H,6-13H2,1-5H3;2H2,(H,3,4). The van der Waals surface area contributed by atoms with Gasteiger partial charge in [-0.1, -0.05) is 0 Å². The van der Waals surface area contributed by atoms with Gasteiger partial charge < -0.3 is 48.9 Å². The first kappa shape index (κ1) is 30.2. The maximum absolute atomic E-state index is 13.6. The molecule has 38 heavy (non-hydrogen) atoms. The Bertz CT molecular complexity index is 981. The lowest BCUT2D eigenvalue weighted by atomic mass is 9.83. The Labute approximate surface area is 223 Å². The van der Waals surface area contributed by atoms with E-state index in [9.17, 15) is 14.7 Å². The molecule has 3 aliphatic heterocycles. The van der Waals surface area contributed by atoms with E-state index < -0.39 is 26.5 Å². The van der Waals surface area contributed by atoms with Crippen LogP contribution in [-0.4, -0.2) is 106 Å². The summed E-state index contributed by atoms with van der Waals surface area (Å²) in [5.41, 5.74) is 4.02. The number of Topliss-reactive ketones (excluding diaryl/α,β-unsaturated/α-hetero) is 2. The Kier molecular flexibility index (Phi) is 9.73. The molecule has 14 heteroatoms. The zero-order chi connectivity index (χ0) is 28.3. The molecule has 0 radical (unpaired) electrons. The van der Waals surface area contributed by atoms with Gasteiger partial charge in [0, 0.05) is 56.7 Å². The number of amides is 1. The summed E-state index contributed by atoms with van der Waals surface area (Å²) in [7, 11) is -1.26. The molecule has 0 spiro atoms. The highest BCUT2D eigenvalue weighted by Gasteiger charge is 2.72. The summed E-state index contributed by atoms with van der Waals surface area (Å²) in [6.07, 6.45) is -0.790. The number of aliphatic hydroxyl groups excluding tert-OH is 1. The van der Waals surface area contributed by atoms with Crippen LogP contribution in [-0.2, 0) is 32.3 Å². The van der Waals surface area contributed by atoms with Gasteiger partial charge in [0.05, 0.1) is 30.9 Å². The second-order valence-electron chi connectivity index (χ2n) is 9.20. The number of rotatable bonds is 13. The molecule has 3 heterocycles. The quantitative estimate of drug-likeness (QED) is 0.105. The van der Waals surface area contributed by atoms with Crippen molar-refractivity contribution in [1.82, 2.24) is 10.2 Å². The second kappa shape index (κ2) is 12.2. The van der Waals surface area contributed by atoms with E-state index in [1.54, 1.807) is 14.0 Å². The van der Waals surface area contributed by atoms with Crippen molar-refractivity contribution in [1.29, 1.82) is 0 Å². The average Bonchev–Trinajstić information content (AvgIpc) is 3.47. The Morgan fingerprint density at radius 1 is 1.16 bits per heavy atom. The van der Waals surface area contributed by atoms with Gasteiger partial charge in [0.2, 0.25) is 11.6 Å². The van der Waals surface area contributed by atoms with Crippen molar-refractivity contribution in [3.8, 4) is 0 Å². The predicted octanol–water partition coefficient (Wildman–Crippen LogP) is 0.365. The molecule has 0 saturated carbocycles. The number of hydrogen-bond acceptors (Lipinski definition) is 11. The van der Waals surface area contributed by atoms with E-state index >= 15 is 0 Å². The lowest BCUT2D eigenvalue weighted by Gasteiger charge is -2.39. The van der Waals surface area contributed by atoms with Crippen LogP contribution in [0, 0.1) is 5.92 Å². The molecule has 2 fully saturated rings. The van der Waals surface area contributed by atoms with Crippen LogP contribution in [0.3, 0.4) is 0 Å². The number of nitrogens with zero attached hydrogens (tertiary/aromatic N) is 1. The highest BCUT2D eigenvalue weighted by molar-refractivity contribution is 6.60. The summed E-state index contributed by atoms with van der Waals surface area (Å²) in [5, 5.41) is 20.8. The Balaban J connectivity index is 0.000000934. The molecular weight excluding hydrogens is 518 g/mol. The molecule has 214 valence electrons. The maximum atomic E-state index is 13.6. The van der Waals surface area contributed by atoms with Crippen molar-refractivity contribution in [3.05, 3.63) is 22.6 Å². The first-order valence-corrected chi connectivity index (χ1v) is 14.8. The van der Waals surface area contributed by atoms with Crippen LogP contribution >= 0.6 is 0 Å². The Hall–Kier alpha value is -2.33. The molecular formula is C24H39N3O10Si. The van der Waals surface area contributed by atoms with Crippen molar-refractivity contribution < 1.29 is 47.3 Å². The average molecular weight is 558 g/mol. The minimum atomic E-state index is -2.82. The van der Waals surface area contributed by atoms with E-state index in [1.165, 1.54) is 0 Å². The Morgan fingerprint density at radius 3 is 2.24 bits per heavy atom. The molecule has 4 rings (SSSR count). The van der Waals surface area contributed by atoms with Gasteiger partial charge in [0.25, 0.3) is 0 Å². The van der Waals surface area contributed by atoms with E-state index in [2.05, 4.69) is 11.1 Å². The number of aliphatic hydroxyl groups is 1. The van der Waals surface area contributed by atoms with E-state index in [4.69, 9.17) is 32.7 Å². The van der Waals surface area contributed by atoms with Crippen molar-refractivity contribution in [2.24, 2.45) is 11.7 Å². The molecule has 1 amide bonds. The van der Waals surface area contributed by atoms with E-state index in [0.29, 0.717) is 50.1 Å². The third kappa shape index (κ3) is 5.26. The molecule has 1 aliphatic carbocycles. The number of ketones is 2. The van der Waals surface area contributed by atoms with Crippen molar-refractivity contribution in [2.75, 3.05) is 46.7 Å². The van der Waals surface area contributed by atoms with Gasteiger partial charge >= 0.3 is 14.9 Å². The van der Waals surface area contributed by atoms with Gasteiger partial charge in [-0.05, 0) is 34.1 Å². The number of piperazine rings is 1. The molecule has 0 aromatic carbocycles. The SMILES string of the molecule is CCO[Si](CCCOC1=C(C)C(=O)C2=C(C1=O)C(CO)C1(OC)C3NC3CN21)(OCC)OCC.NC(=O)O. The summed E-state index contributed by atoms with van der Waals surface area (Å²) in [4.78, 5) is 37.6. The smallest absolute Gasteiger partial charge is 0.489 e. The van der Waals surface area contributed by atoms with Crippen molar-refractivity contribution in [3.63, 3.8) is 0 Å². The molecule has 4 aliphatic rings. The maximum Gasteiger partial charge on any atom is 0.501 e. The van der Waals surface area contributed by atoms with Crippen molar-refractivity contribution >= 4 is 26.5 Å². The number of fused-ring (bicyclic) bond motifs is 4. The van der Waals surface area contributed by atoms with Crippen LogP contribution in [0.5, 0.6) is 0 Å². The third-order valence-corrected chi connectivity index (χ3v) is 10.3. The third-order valence-electron chi connectivity index (χ3n) is 7.13. The highest BCUT2D eigenvalue weighted by Crippen LogP contribution is 2.55. The minimum Gasteiger partial charge on any atom is -0.489 e. The Morgan fingerprint density at radius 2 is 1.74 bits per heavy atom. The molecule has 5 N–H and O–H groups in total. The number of hydrogen-bond donors (Lipinski definition) is 4. The number of ether oxygens (including phenoxy) is 2. The number of carboxylic acid groups (broad SMARTS) is 1. The molecule has 4 atom stereocenters. The topological polar surface area (TPSA) is 189 Å². The molecule has 4 unspecified atom stereocenters. The number of primary amides is 1. The van der Waals surface area contributed by atoms with Crippen molar-refractivity contribution in [2.45, 2.75) is 58.0 Å². The molecule has 0 bridgehead atoms. The fourth-order valence-electron chi connectivity index (χ4n) is 5.76. The van der Waals surface area contributed by atoms with Gasteiger partial charge in [0.1, 0.15) is 0 Å². The normalized spacial score (nSPS) is 27.6. The lowest BCUT2D eigenvalue weighted by molar-refractivity contribution is -0.137. The fourth-order valence-corrected chi connectivity index (χ4v) is 8.34. The van der Waals surface area contributed by atoms with E-state index in [0.717, 1.165) is 0 Å². The van der Waals surface area contributed by atoms with Gasteiger partial charge in [-0.15, -0.1) is 0 Å². The number of carbonyl (C=O) groups excluding carboxylic acids is 2. The molecule has 13 nitrogen and oxygen atoms in total. The zero-order valence-corrected chi connectivity index (χ0v) is 23.6. The molecule has 2 saturated heterocycles.